The number of carbonyl (C=O) groups is 1. The average Bonchev–Trinajstić information content (AvgIpc) is 2.45. The van der Waals surface area contributed by atoms with Gasteiger partial charge < -0.3 is 5.32 Å². The number of carbonyl (C=O) groups excluding carboxylic acids is 1. The summed E-state index contributed by atoms with van der Waals surface area (Å²) < 4.78 is 0. The van der Waals surface area contributed by atoms with Gasteiger partial charge in [-0.25, -0.2) is 9.97 Å². The molecule has 2 aromatic rings. The lowest BCUT2D eigenvalue weighted by molar-refractivity contribution is 0.0986. The quantitative estimate of drug-likeness (QED) is 0.867. The van der Waals surface area contributed by atoms with Crippen LogP contribution in [0.5, 0.6) is 0 Å². The van der Waals surface area contributed by atoms with Gasteiger partial charge in [0.25, 0.3) is 0 Å². The van der Waals surface area contributed by atoms with Gasteiger partial charge in [0.2, 0.25) is 5.95 Å². The van der Waals surface area contributed by atoms with E-state index in [1.807, 2.05) is 30.3 Å². The van der Waals surface area contributed by atoms with Gasteiger partial charge in [0.1, 0.15) is 0 Å². The molecule has 3 rings (SSSR count). The first-order chi connectivity index (χ1) is 9.72. The number of fused-ring (bicyclic) bond motifs is 1. The minimum Gasteiger partial charge on any atom is -0.350 e. The SMILES string of the molecule is C=C1CC(=O)c2cnc(NCc3ccccc3)nc2C1. The molecular formula is C16H15N3O. The molecular weight excluding hydrogens is 250 g/mol. The number of Topliss-reactive ketones (excluding diaryl/α,β-unsaturated/α-hetero) is 1. The molecule has 0 radical (unpaired) electrons. The van der Waals surface area contributed by atoms with E-state index in [9.17, 15) is 4.79 Å². The molecule has 0 saturated carbocycles. The number of hydrogen-bond donors (Lipinski definition) is 1. The lowest BCUT2D eigenvalue weighted by atomic mass is 9.93. The topological polar surface area (TPSA) is 54.9 Å². The highest BCUT2D eigenvalue weighted by Crippen LogP contribution is 2.22. The van der Waals surface area contributed by atoms with Gasteiger partial charge in [0.05, 0.1) is 11.3 Å². The summed E-state index contributed by atoms with van der Waals surface area (Å²) in [7, 11) is 0. The van der Waals surface area contributed by atoms with Gasteiger partial charge in [0, 0.05) is 25.6 Å². The van der Waals surface area contributed by atoms with Gasteiger partial charge in [-0.1, -0.05) is 42.5 Å². The Morgan fingerprint density at radius 3 is 2.80 bits per heavy atom. The zero-order valence-corrected chi connectivity index (χ0v) is 11.1. The lowest BCUT2D eigenvalue weighted by Gasteiger charge is -2.16. The Hall–Kier alpha value is -2.49. The van der Waals surface area contributed by atoms with Crippen molar-refractivity contribution in [3.05, 3.63) is 65.5 Å². The standard InChI is InChI=1S/C16H15N3O/c1-11-7-14-13(15(20)8-11)10-18-16(19-14)17-9-12-5-3-2-4-6-12/h2-6,10H,1,7-9H2,(H,17,18,19). The maximum absolute atomic E-state index is 11.8. The molecule has 1 aromatic carbocycles. The van der Waals surface area contributed by atoms with Crippen LogP contribution in [0.1, 0.15) is 28.0 Å². The predicted molar refractivity (Wildman–Crippen MR) is 77.6 cm³/mol. The monoisotopic (exact) mass is 265 g/mol. The zero-order valence-electron chi connectivity index (χ0n) is 11.1. The van der Waals surface area contributed by atoms with Gasteiger partial charge in [-0.05, 0) is 5.56 Å². The van der Waals surface area contributed by atoms with E-state index < -0.39 is 0 Å². The first-order valence-corrected chi connectivity index (χ1v) is 6.56. The lowest BCUT2D eigenvalue weighted by Crippen LogP contribution is -2.16. The van der Waals surface area contributed by atoms with Crippen molar-refractivity contribution in [3.8, 4) is 0 Å². The molecule has 20 heavy (non-hydrogen) atoms. The fourth-order valence-corrected chi connectivity index (χ4v) is 2.27. The third-order valence-electron chi connectivity index (χ3n) is 3.29. The van der Waals surface area contributed by atoms with Crippen molar-refractivity contribution in [2.24, 2.45) is 0 Å². The second kappa shape index (κ2) is 5.25. The summed E-state index contributed by atoms with van der Waals surface area (Å²) in [6.07, 6.45) is 2.68. The molecule has 0 spiro atoms. The molecule has 0 amide bonds. The van der Waals surface area contributed by atoms with Crippen molar-refractivity contribution in [2.75, 3.05) is 5.32 Å². The molecule has 1 aliphatic rings. The van der Waals surface area contributed by atoms with E-state index in [-0.39, 0.29) is 5.78 Å². The summed E-state index contributed by atoms with van der Waals surface area (Å²) >= 11 is 0. The Bertz CT molecular complexity index is 665. The Balaban J connectivity index is 1.77. The molecule has 0 unspecified atom stereocenters. The second-order valence-corrected chi connectivity index (χ2v) is 4.92. The largest absolute Gasteiger partial charge is 0.350 e. The number of aromatic nitrogens is 2. The summed E-state index contributed by atoms with van der Waals surface area (Å²) in [4.78, 5) is 20.5. The number of nitrogens with one attached hydrogen (secondary N) is 1. The van der Waals surface area contributed by atoms with Crippen LogP contribution in [-0.2, 0) is 13.0 Å². The summed E-state index contributed by atoms with van der Waals surface area (Å²) in [6, 6.07) is 10.0. The van der Waals surface area contributed by atoms with Crippen LogP contribution >= 0.6 is 0 Å². The normalized spacial score (nSPS) is 14.0. The van der Waals surface area contributed by atoms with Crippen LogP contribution in [0.25, 0.3) is 0 Å². The molecule has 0 fully saturated rings. The molecule has 4 heteroatoms. The first-order valence-electron chi connectivity index (χ1n) is 6.56. The predicted octanol–water partition coefficient (Wildman–Crippen LogP) is 2.77. The summed E-state index contributed by atoms with van der Waals surface area (Å²) in [5.41, 5.74) is 3.48. The Kier molecular flexibility index (Phi) is 3.29. The molecule has 1 heterocycles. The highest BCUT2D eigenvalue weighted by atomic mass is 16.1. The third kappa shape index (κ3) is 2.59. The van der Waals surface area contributed by atoms with Crippen LogP contribution in [0.15, 0.2) is 48.7 Å². The van der Waals surface area contributed by atoms with Crippen LogP contribution in [0.2, 0.25) is 0 Å². The summed E-state index contributed by atoms with van der Waals surface area (Å²) in [5.74, 6) is 0.612. The Morgan fingerprint density at radius 1 is 1.20 bits per heavy atom. The zero-order chi connectivity index (χ0) is 13.9. The molecule has 1 aromatic heterocycles. The van der Waals surface area contributed by atoms with E-state index >= 15 is 0 Å². The van der Waals surface area contributed by atoms with E-state index in [2.05, 4.69) is 21.9 Å². The fourth-order valence-electron chi connectivity index (χ4n) is 2.27. The van der Waals surface area contributed by atoms with Crippen LogP contribution in [0.4, 0.5) is 5.95 Å². The maximum atomic E-state index is 11.8. The van der Waals surface area contributed by atoms with Crippen molar-refractivity contribution in [2.45, 2.75) is 19.4 Å². The Labute approximate surface area is 117 Å². The van der Waals surface area contributed by atoms with Gasteiger partial charge in [-0.3, -0.25) is 4.79 Å². The van der Waals surface area contributed by atoms with E-state index in [1.165, 1.54) is 0 Å². The Morgan fingerprint density at radius 2 is 2.00 bits per heavy atom. The molecule has 0 aliphatic heterocycles. The van der Waals surface area contributed by atoms with E-state index in [0.29, 0.717) is 30.9 Å². The van der Waals surface area contributed by atoms with Crippen LogP contribution in [0.3, 0.4) is 0 Å². The van der Waals surface area contributed by atoms with Gasteiger partial charge in [-0.15, -0.1) is 0 Å². The minimum atomic E-state index is 0.0610. The maximum Gasteiger partial charge on any atom is 0.223 e. The molecule has 0 atom stereocenters. The van der Waals surface area contributed by atoms with Gasteiger partial charge >= 0.3 is 0 Å². The van der Waals surface area contributed by atoms with Crippen LogP contribution in [-0.4, -0.2) is 15.8 Å². The van der Waals surface area contributed by atoms with Gasteiger partial charge in [0.15, 0.2) is 5.78 Å². The number of rotatable bonds is 3. The number of ketones is 1. The van der Waals surface area contributed by atoms with Gasteiger partial charge in [-0.2, -0.15) is 0 Å². The number of hydrogen-bond acceptors (Lipinski definition) is 4. The number of nitrogens with zero attached hydrogens (tertiary/aromatic N) is 2. The summed E-state index contributed by atoms with van der Waals surface area (Å²) in [5, 5.41) is 3.18. The summed E-state index contributed by atoms with van der Waals surface area (Å²) in [6.45, 7) is 4.55. The first kappa shape index (κ1) is 12.5. The van der Waals surface area contributed by atoms with E-state index in [1.54, 1.807) is 6.20 Å². The highest BCUT2D eigenvalue weighted by Gasteiger charge is 2.21. The van der Waals surface area contributed by atoms with Crippen molar-refractivity contribution in [1.82, 2.24) is 9.97 Å². The second-order valence-electron chi connectivity index (χ2n) is 4.92. The van der Waals surface area contributed by atoms with E-state index in [4.69, 9.17) is 0 Å². The molecule has 0 bridgehead atoms. The smallest absolute Gasteiger partial charge is 0.223 e. The highest BCUT2D eigenvalue weighted by molar-refractivity contribution is 5.99. The number of anilines is 1. The molecule has 1 N–H and O–H groups in total. The molecule has 100 valence electrons. The van der Waals surface area contributed by atoms with Crippen molar-refractivity contribution < 1.29 is 4.79 Å². The molecule has 4 nitrogen and oxygen atoms in total. The number of allylic oxidation sites excluding steroid dienone is 1. The van der Waals surface area contributed by atoms with Crippen molar-refractivity contribution in [1.29, 1.82) is 0 Å². The van der Waals surface area contributed by atoms with Crippen LogP contribution < -0.4 is 5.32 Å². The average molecular weight is 265 g/mol. The van der Waals surface area contributed by atoms with Crippen LogP contribution in [0, 0.1) is 0 Å². The van der Waals surface area contributed by atoms with E-state index in [0.717, 1.165) is 16.8 Å². The molecule has 1 aliphatic carbocycles. The fraction of sp³-hybridized carbons (Fsp3) is 0.188. The number of benzene rings is 1. The minimum absolute atomic E-state index is 0.0610. The van der Waals surface area contributed by atoms with Crippen molar-refractivity contribution >= 4 is 11.7 Å². The third-order valence-corrected chi connectivity index (χ3v) is 3.29. The molecule has 0 saturated heterocycles. The van der Waals surface area contributed by atoms with Crippen molar-refractivity contribution in [3.63, 3.8) is 0 Å².